The van der Waals surface area contributed by atoms with Gasteiger partial charge in [-0.15, -0.1) is 10.2 Å². The molecule has 0 unspecified atom stereocenters. The molecule has 0 amide bonds. The molecular formula is C18H21F2N5O2S. The van der Waals surface area contributed by atoms with Crippen LogP contribution in [0.1, 0.15) is 12.8 Å². The molecule has 1 aromatic carbocycles. The number of hydrogen-bond acceptors (Lipinski definition) is 6. The molecule has 0 saturated carbocycles. The summed E-state index contributed by atoms with van der Waals surface area (Å²) in [5.74, 6) is -0.342. The third-order valence-corrected chi connectivity index (χ3v) is 7.07. The van der Waals surface area contributed by atoms with Crippen molar-refractivity contribution in [3.8, 4) is 0 Å². The fourth-order valence-electron chi connectivity index (χ4n) is 3.58. The van der Waals surface area contributed by atoms with E-state index in [1.165, 1.54) is 4.31 Å². The van der Waals surface area contributed by atoms with Crippen LogP contribution in [0.4, 0.5) is 20.4 Å². The number of piperazine rings is 1. The summed E-state index contributed by atoms with van der Waals surface area (Å²) in [6.45, 7) is 3.19. The SMILES string of the molecule is O=S(=O)(c1ccc(F)cc1F)N1CCN(c2ccc(N3CCCC3)nn2)CC1. The van der Waals surface area contributed by atoms with Crippen molar-refractivity contribution in [3.05, 3.63) is 42.0 Å². The van der Waals surface area contributed by atoms with Crippen molar-refractivity contribution in [2.45, 2.75) is 17.7 Å². The number of nitrogens with zero attached hydrogens (tertiary/aromatic N) is 5. The van der Waals surface area contributed by atoms with Crippen molar-refractivity contribution in [1.29, 1.82) is 0 Å². The highest BCUT2D eigenvalue weighted by Gasteiger charge is 2.31. The molecule has 10 heteroatoms. The minimum absolute atomic E-state index is 0.189. The molecule has 0 aliphatic carbocycles. The van der Waals surface area contributed by atoms with Crippen molar-refractivity contribution in [1.82, 2.24) is 14.5 Å². The molecule has 4 rings (SSSR count). The van der Waals surface area contributed by atoms with Gasteiger partial charge in [0.25, 0.3) is 0 Å². The van der Waals surface area contributed by atoms with Gasteiger partial charge in [0.15, 0.2) is 11.6 Å². The first kappa shape index (κ1) is 19.0. The monoisotopic (exact) mass is 409 g/mol. The van der Waals surface area contributed by atoms with Gasteiger partial charge < -0.3 is 9.80 Å². The lowest BCUT2D eigenvalue weighted by molar-refractivity contribution is 0.380. The van der Waals surface area contributed by atoms with E-state index in [4.69, 9.17) is 0 Å². The van der Waals surface area contributed by atoms with E-state index in [1.807, 2.05) is 17.0 Å². The first-order valence-corrected chi connectivity index (χ1v) is 10.7. The van der Waals surface area contributed by atoms with Crippen LogP contribution in [0.2, 0.25) is 0 Å². The van der Waals surface area contributed by atoms with Crippen molar-refractivity contribution < 1.29 is 17.2 Å². The first-order chi connectivity index (χ1) is 13.4. The van der Waals surface area contributed by atoms with Gasteiger partial charge in [0, 0.05) is 45.3 Å². The number of halogens is 2. The van der Waals surface area contributed by atoms with Crippen molar-refractivity contribution in [3.63, 3.8) is 0 Å². The van der Waals surface area contributed by atoms with E-state index in [2.05, 4.69) is 15.1 Å². The van der Waals surface area contributed by atoms with Gasteiger partial charge in [0.2, 0.25) is 10.0 Å². The summed E-state index contributed by atoms with van der Waals surface area (Å²) >= 11 is 0. The highest BCUT2D eigenvalue weighted by molar-refractivity contribution is 7.89. The van der Waals surface area contributed by atoms with Crippen LogP contribution in [-0.4, -0.2) is 62.2 Å². The molecule has 0 N–H and O–H groups in total. The smallest absolute Gasteiger partial charge is 0.246 e. The van der Waals surface area contributed by atoms with Gasteiger partial charge in [-0.3, -0.25) is 0 Å². The largest absolute Gasteiger partial charge is 0.355 e. The van der Waals surface area contributed by atoms with Crippen LogP contribution in [0.15, 0.2) is 35.2 Å². The summed E-state index contributed by atoms with van der Waals surface area (Å²) < 4.78 is 53.5. The van der Waals surface area contributed by atoms with Gasteiger partial charge in [0.1, 0.15) is 16.5 Å². The molecule has 2 aromatic rings. The van der Waals surface area contributed by atoms with Gasteiger partial charge in [-0.05, 0) is 37.1 Å². The molecule has 3 heterocycles. The Labute approximate surface area is 162 Å². The maximum Gasteiger partial charge on any atom is 0.246 e. The van der Waals surface area contributed by atoms with Gasteiger partial charge in [0.05, 0.1) is 0 Å². The number of aromatic nitrogens is 2. The average Bonchev–Trinajstić information content (AvgIpc) is 3.23. The summed E-state index contributed by atoms with van der Waals surface area (Å²) in [6.07, 6.45) is 2.32. The minimum atomic E-state index is -4.01. The second kappa shape index (κ2) is 7.59. The van der Waals surface area contributed by atoms with E-state index in [-0.39, 0.29) is 13.1 Å². The first-order valence-electron chi connectivity index (χ1n) is 9.24. The van der Waals surface area contributed by atoms with Gasteiger partial charge in [-0.25, -0.2) is 17.2 Å². The zero-order valence-electron chi connectivity index (χ0n) is 15.3. The molecular weight excluding hydrogens is 388 g/mol. The fraction of sp³-hybridized carbons (Fsp3) is 0.444. The van der Waals surface area contributed by atoms with E-state index in [0.29, 0.717) is 25.0 Å². The number of rotatable bonds is 4. The number of benzene rings is 1. The number of sulfonamides is 1. The van der Waals surface area contributed by atoms with Crippen LogP contribution in [0.5, 0.6) is 0 Å². The Morgan fingerprint density at radius 3 is 1.89 bits per heavy atom. The highest BCUT2D eigenvalue weighted by Crippen LogP contribution is 2.24. The molecule has 2 aliphatic rings. The van der Waals surface area contributed by atoms with Crippen molar-refractivity contribution >= 4 is 21.7 Å². The summed E-state index contributed by atoms with van der Waals surface area (Å²) in [4.78, 5) is 3.64. The molecule has 0 spiro atoms. The van der Waals surface area contributed by atoms with Crippen LogP contribution in [0, 0.1) is 11.6 Å². The normalized spacial score (nSPS) is 18.6. The Kier molecular flexibility index (Phi) is 5.15. The Morgan fingerprint density at radius 2 is 1.36 bits per heavy atom. The number of anilines is 2. The van der Waals surface area contributed by atoms with Crippen LogP contribution in [0.3, 0.4) is 0 Å². The lowest BCUT2D eigenvalue weighted by Gasteiger charge is -2.34. The Morgan fingerprint density at radius 1 is 0.786 bits per heavy atom. The second-order valence-corrected chi connectivity index (χ2v) is 8.82. The molecule has 2 saturated heterocycles. The highest BCUT2D eigenvalue weighted by atomic mass is 32.2. The summed E-state index contributed by atoms with van der Waals surface area (Å²) in [5, 5.41) is 8.57. The standard InChI is InChI=1S/C18H21F2N5O2S/c19-14-3-4-16(15(20)13-14)28(26,27)25-11-9-24(10-12-25)18-6-5-17(21-22-18)23-7-1-2-8-23/h3-6,13H,1-2,7-12H2. The second-order valence-electron chi connectivity index (χ2n) is 6.91. The Balaban J connectivity index is 1.42. The van der Waals surface area contributed by atoms with Crippen LogP contribution < -0.4 is 9.80 Å². The quantitative estimate of drug-likeness (QED) is 0.768. The van der Waals surface area contributed by atoms with Crippen LogP contribution >= 0.6 is 0 Å². The van der Waals surface area contributed by atoms with Crippen LogP contribution in [-0.2, 0) is 10.0 Å². The van der Waals surface area contributed by atoms with Crippen molar-refractivity contribution in [2.75, 3.05) is 49.1 Å². The summed E-state index contributed by atoms with van der Waals surface area (Å²) in [6, 6.07) is 6.33. The molecule has 1 aromatic heterocycles. The van der Waals surface area contributed by atoms with Gasteiger partial charge in [-0.2, -0.15) is 4.31 Å². The molecule has 2 aliphatic heterocycles. The zero-order valence-corrected chi connectivity index (χ0v) is 16.1. The van der Waals surface area contributed by atoms with Crippen LogP contribution in [0.25, 0.3) is 0 Å². The predicted octanol–water partition coefficient (Wildman–Crippen LogP) is 1.87. The molecule has 150 valence electrons. The van der Waals surface area contributed by atoms with E-state index >= 15 is 0 Å². The lowest BCUT2D eigenvalue weighted by atomic mass is 10.3. The van der Waals surface area contributed by atoms with Crippen molar-refractivity contribution in [2.24, 2.45) is 0 Å². The molecule has 0 atom stereocenters. The maximum atomic E-state index is 13.9. The molecule has 0 radical (unpaired) electrons. The Hall–Kier alpha value is -2.33. The van der Waals surface area contributed by atoms with E-state index in [1.54, 1.807) is 0 Å². The van der Waals surface area contributed by atoms with Gasteiger partial charge >= 0.3 is 0 Å². The summed E-state index contributed by atoms with van der Waals surface area (Å²) in [5.41, 5.74) is 0. The molecule has 2 fully saturated rings. The summed E-state index contributed by atoms with van der Waals surface area (Å²) in [7, 11) is -4.01. The third-order valence-electron chi connectivity index (χ3n) is 5.14. The lowest BCUT2D eigenvalue weighted by Crippen LogP contribution is -2.49. The minimum Gasteiger partial charge on any atom is -0.355 e. The molecule has 7 nitrogen and oxygen atoms in total. The van der Waals surface area contributed by atoms with E-state index < -0.39 is 26.6 Å². The Bertz CT molecular complexity index is 941. The zero-order chi connectivity index (χ0) is 19.7. The van der Waals surface area contributed by atoms with Gasteiger partial charge in [-0.1, -0.05) is 0 Å². The number of hydrogen-bond donors (Lipinski definition) is 0. The third kappa shape index (κ3) is 3.66. The fourth-order valence-corrected chi connectivity index (χ4v) is 5.05. The van der Waals surface area contributed by atoms with E-state index in [0.717, 1.165) is 43.9 Å². The topological polar surface area (TPSA) is 69.6 Å². The predicted molar refractivity (Wildman–Crippen MR) is 101 cm³/mol. The average molecular weight is 409 g/mol. The maximum absolute atomic E-state index is 13.9. The molecule has 28 heavy (non-hydrogen) atoms. The molecule has 0 bridgehead atoms. The van der Waals surface area contributed by atoms with E-state index in [9.17, 15) is 17.2 Å².